The number of aryl methyl sites for hydroxylation is 1. The van der Waals surface area contributed by atoms with Gasteiger partial charge in [0.1, 0.15) is 0 Å². The number of hydrogen-bond donors (Lipinski definition) is 1. The van der Waals surface area contributed by atoms with Crippen molar-refractivity contribution in [2.45, 2.75) is 38.0 Å². The second-order valence-corrected chi connectivity index (χ2v) is 6.84. The minimum atomic E-state index is 0.160. The fourth-order valence-corrected chi connectivity index (χ4v) is 3.64. The topological polar surface area (TPSA) is 32.3 Å². The number of hydrogen-bond acceptors (Lipinski definition) is 3. The van der Waals surface area contributed by atoms with E-state index in [9.17, 15) is 4.79 Å². The van der Waals surface area contributed by atoms with Gasteiger partial charge in [0.25, 0.3) is 0 Å². The Balaban J connectivity index is 1.64. The highest BCUT2D eigenvalue weighted by Gasteiger charge is 2.19. The molecule has 3 nitrogen and oxygen atoms in total. The molecule has 1 aliphatic rings. The van der Waals surface area contributed by atoms with E-state index in [4.69, 9.17) is 0 Å². The SMILES string of the molecule is Cc1ccccc1CSCC(=O)NC[C@H]1CCCCN1C. The zero-order valence-corrected chi connectivity index (χ0v) is 13.9. The number of amides is 1. The summed E-state index contributed by atoms with van der Waals surface area (Å²) in [5.41, 5.74) is 2.62. The lowest BCUT2D eigenvalue weighted by molar-refractivity contribution is -0.118. The van der Waals surface area contributed by atoms with Crippen molar-refractivity contribution in [2.24, 2.45) is 0 Å². The molecule has 0 aliphatic carbocycles. The van der Waals surface area contributed by atoms with Gasteiger partial charge in [-0.3, -0.25) is 4.79 Å². The Hall–Kier alpha value is -1.00. The van der Waals surface area contributed by atoms with Crippen molar-refractivity contribution in [3.8, 4) is 0 Å². The number of likely N-dealkylation sites (tertiary alicyclic amines) is 1. The van der Waals surface area contributed by atoms with Crippen LogP contribution in [0.15, 0.2) is 24.3 Å². The molecule has 1 saturated heterocycles. The van der Waals surface area contributed by atoms with Crippen molar-refractivity contribution in [2.75, 3.05) is 25.9 Å². The highest BCUT2D eigenvalue weighted by molar-refractivity contribution is 7.99. The quantitative estimate of drug-likeness (QED) is 0.877. The molecular formula is C17H26N2OS. The smallest absolute Gasteiger partial charge is 0.230 e. The molecule has 1 atom stereocenters. The Morgan fingerprint density at radius 2 is 2.19 bits per heavy atom. The highest BCUT2D eigenvalue weighted by Crippen LogP contribution is 2.16. The van der Waals surface area contributed by atoms with Gasteiger partial charge in [-0.1, -0.05) is 30.7 Å². The molecule has 0 spiro atoms. The van der Waals surface area contributed by atoms with E-state index in [1.165, 1.54) is 30.4 Å². The average molecular weight is 306 g/mol. The molecule has 0 unspecified atom stereocenters. The Kier molecular flexibility index (Phi) is 6.58. The summed E-state index contributed by atoms with van der Waals surface area (Å²) in [5, 5.41) is 3.08. The largest absolute Gasteiger partial charge is 0.354 e. The maximum Gasteiger partial charge on any atom is 0.230 e. The molecule has 0 radical (unpaired) electrons. The number of piperidine rings is 1. The van der Waals surface area contributed by atoms with Crippen LogP contribution < -0.4 is 5.32 Å². The van der Waals surface area contributed by atoms with Crippen LogP contribution in [0.2, 0.25) is 0 Å². The Morgan fingerprint density at radius 3 is 2.95 bits per heavy atom. The molecule has 0 bridgehead atoms. The molecule has 1 heterocycles. The summed E-state index contributed by atoms with van der Waals surface area (Å²) >= 11 is 1.69. The molecule has 1 amide bonds. The van der Waals surface area contributed by atoms with E-state index in [1.54, 1.807) is 11.8 Å². The maximum absolute atomic E-state index is 11.9. The van der Waals surface area contributed by atoms with Crippen molar-refractivity contribution in [3.63, 3.8) is 0 Å². The van der Waals surface area contributed by atoms with Gasteiger partial charge in [-0.25, -0.2) is 0 Å². The van der Waals surface area contributed by atoms with Crippen LogP contribution in [-0.4, -0.2) is 42.7 Å². The molecule has 1 N–H and O–H groups in total. The lowest BCUT2D eigenvalue weighted by Crippen LogP contribution is -2.44. The van der Waals surface area contributed by atoms with Crippen molar-refractivity contribution in [3.05, 3.63) is 35.4 Å². The van der Waals surface area contributed by atoms with E-state index in [-0.39, 0.29) is 5.91 Å². The van der Waals surface area contributed by atoms with Gasteiger partial charge in [0.05, 0.1) is 5.75 Å². The van der Waals surface area contributed by atoms with Crippen LogP contribution in [-0.2, 0) is 10.5 Å². The summed E-state index contributed by atoms with van der Waals surface area (Å²) in [6, 6.07) is 8.88. The zero-order chi connectivity index (χ0) is 15.1. The van der Waals surface area contributed by atoms with Crippen LogP contribution >= 0.6 is 11.8 Å². The molecule has 116 valence electrons. The molecule has 1 fully saturated rings. The number of rotatable bonds is 6. The molecular weight excluding hydrogens is 280 g/mol. The van der Waals surface area contributed by atoms with Crippen LogP contribution in [0.4, 0.5) is 0 Å². The first-order valence-corrected chi connectivity index (χ1v) is 8.91. The van der Waals surface area contributed by atoms with E-state index >= 15 is 0 Å². The number of carbonyl (C=O) groups excluding carboxylic acids is 1. The molecule has 2 rings (SSSR count). The normalized spacial score (nSPS) is 19.4. The second kappa shape index (κ2) is 8.44. The van der Waals surface area contributed by atoms with Gasteiger partial charge in [0, 0.05) is 18.3 Å². The summed E-state index contributed by atoms with van der Waals surface area (Å²) in [6.07, 6.45) is 3.77. The van der Waals surface area contributed by atoms with E-state index in [2.05, 4.69) is 48.5 Å². The second-order valence-electron chi connectivity index (χ2n) is 5.85. The van der Waals surface area contributed by atoms with Gasteiger partial charge in [-0.15, -0.1) is 11.8 Å². The van der Waals surface area contributed by atoms with Crippen molar-refractivity contribution in [1.29, 1.82) is 0 Å². The third kappa shape index (κ3) is 5.36. The van der Waals surface area contributed by atoms with Gasteiger partial charge in [-0.2, -0.15) is 0 Å². The number of nitrogens with zero attached hydrogens (tertiary/aromatic N) is 1. The maximum atomic E-state index is 11.9. The lowest BCUT2D eigenvalue weighted by Gasteiger charge is -2.32. The summed E-state index contributed by atoms with van der Waals surface area (Å²) in [6.45, 7) is 4.07. The van der Waals surface area contributed by atoms with Gasteiger partial charge < -0.3 is 10.2 Å². The van der Waals surface area contributed by atoms with Gasteiger partial charge in [-0.05, 0) is 44.5 Å². The lowest BCUT2D eigenvalue weighted by atomic mass is 10.0. The average Bonchev–Trinajstić information content (AvgIpc) is 2.48. The summed E-state index contributed by atoms with van der Waals surface area (Å²) in [7, 11) is 2.16. The van der Waals surface area contributed by atoms with E-state index < -0.39 is 0 Å². The molecule has 0 aromatic heterocycles. The van der Waals surface area contributed by atoms with Crippen molar-refractivity contribution < 1.29 is 4.79 Å². The van der Waals surface area contributed by atoms with Crippen molar-refractivity contribution in [1.82, 2.24) is 10.2 Å². The fourth-order valence-electron chi connectivity index (χ4n) is 2.71. The van der Waals surface area contributed by atoms with Crippen LogP contribution in [0, 0.1) is 6.92 Å². The molecule has 21 heavy (non-hydrogen) atoms. The Labute approximate surface area is 132 Å². The fraction of sp³-hybridized carbons (Fsp3) is 0.588. The monoisotopic (exact) mass is 306 g/mol. The minimum Gasteiger partial charge on any atom is -0.354 e. The summed E-state index contributed by atoms with van der Waals surface area (Å²) < 4.78 is 0. The van der Waals surface area contributed by atoms with E-state index in [0.717, 1.165) is 18.8 Å². The predicted molar refractivity (Wildman–Crippen MR) is 90.6 cm³/mol. The Bertz CT molecular complexity index is 464. The van der Waals surface area contributed by atoms with Gasteiger partial charge in [0.2, 0.25) is 5.91 Å². The minimum absolute atomic E-state index is 0.160. The van der Waals surface area contributed by atoms with Crippen LogP contribution in [0.5, 0.6) is 0 Å². The van der Waals surface area contributed by atoms with Crippen molar-refractivity contribution >= 4 is 17.7 Å². The third-order valence-corrected chi connectivity index (χ3v) is 5.19. The predicted octanol–water partition coefficient (Wildman–Crippen LogP) is 2.83. The first kappa shape index (κ1) is 16.4. The highest BCUT2D eigenvalue weighted by atomic mass is 32.2. The molecule has 4 heteroatoms. The third-order valence-electron chi connectivity index (χ3n) is 4.21. The van der Waals surface area contributed by atoms with E-state index in [0.29, 0.717) is 11.8 Å². The first-order valence-electron chi connectivity index (χ1n) is 7.76. The van der Waals surface area contributed by atoms with Crippen LogP contribution in [0.25, 0.3) is 0 Å². The summed E-state index contributed by atoms with van der Waals surface area (Å²) in [4.78, 5) is 14.3. The number of likely N-dealkylation sites (N-methyl/N-ethyl adjacent to an activating group) is 1. The Morgan fingerprint density at radius 1 is 1.38 bits per heavy atom. The van der Waals surface area contributed by atoms with Crippen LogP contribution in [0.1, 0.15) is 30.4 Å². The summed E-state index contributed by atoms with van der Waals surface area (Å²) in [5.74, 6) is 1.61. The number of thioether (sulfide) groups is 1. The molecule has 1 aliphatic heterocycles. The first-order chi connectivity index (χ1) is 10.2. The number of carbonyl (C=O) groups is 1. The number of benzene rings is 1. The van der Waals surface area contributed by atoms with Gasteiger partial charge in [0.15, 0.2) is 0 Å². The van der Waals surface area contributed by atoms with Crippen LogP contribution in [0.3, 0.4) is 0 Å². The number of nitrogens with one attached hydrogen (secondary N) is 1. The zero-order valence-electron chi connectivity index (χ0n) is 13.1. The van der Waals surface area contributed by atoms with Gasteiger partial charge >= 0.3 is 0 Å². The molecule has 1 aromatic rings. The standard InChI is InChI=1S/C17H26N2OS/c1-14-7-3-4-8-15(14)12-21-13-17(20)18-11-16-9-5-6-10-19(16)2/h3-4,7-8,16H,5-6,9-13H2,1-2H3,(H,18,20)/t16-/m1/s1. The molecule has 1 aromatic carbocycles. The molecule has 0 saturated carbocycles. The van der Waals surface area contributed by atoms with E-state index in [1.807, 2.05) is 0 Å².